The van der Waals surface area contributed by atoms with E-state index in [9.17, 15) is 0 Å². The van der Waals surface area contributed by atoms with Crippen LogP contribution in [0.5, 0.6) is 0 Å². The maximum absolute atomic E-state index is 3.64. The summed E-state index contributed by atoms with van der Waals surface area (Å²) in [7, 11) is 0. The van der Waals surface area contributed by atoms with E-state index in [1.165, 1.54) is 0 Å². The summed E-state index contributed by atoms with van der Waals surface area (Å²) in [6, 6.07) is 0. The van der Waals surface area contributed by atoms with E-state index in [2.05, 4.69) is 62.3 Å². The summed E-state index contributed by atoms with van der Waals surface area (Å²) in [6.45, 7) is 23.2. The second kappa shape index (κ2) is 23.5. The Morgan fingerprint density at radius 2 is 0.571 bits per heavy atom. The van der Waals surface area contributed by atoms with Crippen LogP contribution in [-0.2, 0) is 21.7 Å². The zero-order valence-corrected chi connectivity index (χ0v) is 12.3. The van der Waals surface area contributed by atoms with Crippen LogP contribution in [0, 0.1) is 38.5 Å². The molecule has 0 unspecified atom stereocenters. The first-order chi connectivity index (χ1) is 5.20. The van der Waals surface area contributed by atoms with E-state index in [1.54, 1.807) is 0 Å². The van der Waals surface area contributed by atoms with Crippen molar-refractivity contribution in [3.8, 4) is 0 Å². The molecule has 0 aromatic carbocycles. The van der Waals surface area contributed by atoms with Gasteiger partial charge in [0.15, 0.2) is 0 Å². The predicted octanol–water partition coefficient (Wildman–Crippen LogP) is 1.43. The molecule has 14 heavy (non-hydrogen) atoms. The maximum Gasteiger partial charge on any atom is 4.00 e. The molecular formula is C12H27FTi. The summed E-state index contributed by atoms with van der Waals surface area (Å²) in [5, 5.41) is 0. The van der Waals surface area contributed by atoms with Crippen molar-refractivity contribution in [2.24, 2.45) is 17.8 Å². The summed E-state index contributed by atoms with van der Waals surface area (Å²) in [5.41, 5.74) is 0. The fourth-order valence-electron chi connectivity index (χ4n) is 0. The molecule has 0 aromatic heterocycles. The van der Waals surface area contributed by atoms with Gasteiger partial charge < -0.3 is 25.5 Å². The van der Waals surface area contributed by atoms with Crippen molar-refractivity contribution < 1.29 is 26.4 Å². The van der Waals surface area contributed by atoms with Gasteiger partial charge in [0, 0.05) is 0 Å². The van der Waals surface area contributed by atoms with Gasteiger partial charge in [0.05, 0.1) is 0 Å². The smallest absolute Gasteiger partial charge is 1.00 e. The van der Waals surface area contributed by atoms with Crippen molar-refractivity contribution in [1.82, 2.24) is 0 Å². The van der Waals surface area contributed by atoms with Crippen LogP contribution in [0.4, 0.5) is 0 Å². The third-order valence-electron chi connectivity index (χ3n) is 0. The Morgan fingerprint density at radius 3 is 0.571 bits per heavy atom. The molecule has 0 amide bonds. The van der Waals surface area contributed by atoms with Gasteiger partial charge in [-0.25, -0.2) is 0 Å². The van der Waals surface area contributed by atoms with E-state index in [0.717, 1.165) is 0 Å². The molecule has 0 aliphatic carbocycles. The van der Waals surface area contributed by atoms with Gasteiger partial charge in [0.2, 0.25) is 0 Å². The molecule has 86 valence electrons. The molecule has 0 fully saturated rings. The van der Waals surface area contributed by atoms with Gasteiger partial charge in [0.1, 0.15) is 0 Å². The molecule has 0 spiro atoms. The molecule has 0 saturated carbocycles. The average molecular weight is 238 g/mol. The summed E-state index contributed by atoms with van der Waals surface area (Å²) in [4.78, 5) is 0. The molecule has 0 atom stereocenters. The standard InChI is InChI=1S/3C4H9.FH.Ti/c3*1-4(2)3;;/h3*4H,1H2,2-3H3;1H;/q3*-1;;+4/p-1. The van der Waals surface area contributed by atoms with Gasteiger partial charge in [-0.05, 0) is 0 Å². The molecule has 0 aliphatic rings. The quantitative estimate of drug-likeness (QED) is 0.442. The molecule has 0 aromatic rings. The van der Waals surface area contributed by atoms with Crippen molar-refractivity contribution in [2.45, 2.75) is 41.5 Å². The molecule has 0 nitrogen and oxygen atoms in total. The van der Waals surface area contributed by atoms with E-state index in [1.807, 2.05) is 0 Å². The van der Waals surface area contributed by atoms with Crippen LogP contribution in [0.15, 0.2) is 0 Å². The Balaban J connectivity index is -0.0000000270. The minimum Gasteiger partial charge on any atom is -1.00 e. The molecule has 0 bridgehead atoms. The summed E-state index contributed by atoms with van der Waals surface area (Å²) in [6.07, 6.45) is 0. The Labute approximate surface area is 107 Å². The van der Waals surface area contributed by atoms with Crippen molar-refractivity contribution in [1.29, 1.82) is 0 Å². The van der Waals surface area contributed by atoms with Crippen molar-refractivity contribution in [3.05, 3.63) is 20.8 Å². The Kier molecular flexibility index (Phi) is 49.1. The maximum atomic E-state index is 3.64. The van der Waals surface area contributed by atoms with Crippen molar-refractivity contribution >= 4 is 0 Å². The van der Waals surface area contributed by atoms with Crippen LogP contribution in [0.3, 0.4) is 0 Å². The molecule has 0 N–H and O–H groups in total. The number of hydrogen-bond donors (Lipinski definition) is 0. The number of hydrogen-bond acceptors (Lipinski definition) is 0. The normalized spacial score (nSPS) is 7.71. The Morgan fingerprint density at radius 1 is 0.571 bits per heavy atom. The third kappa shape index (κ3) is 4130. The first kappa shape index (κ1) is 29.3. The van der Waals surface area contributed by atoms with Crippen LogP contribution in [0.2, 0.25) is 0 Å². The fourth-order valence-corrected chi connectivity index (χ4v) is 0. The van der Waals surface area contributed by atoms with E-state index in [4.69, 9.17) is 0 Å². The minimum absolute atomic E-state index is 0. The minimum atomic E-state index is 0. The number of rotatable bonds is 0. The average Bonchev–Trinajstić information content (AvgIpc) is 1.54. The van der Waals surface area contributed by atoms with E-state index in [-0.39, 0.29) is 26.4 Å². The van der Waals surface area contributed by atoms with Gasteiger partial charge in [-0.1, -0.05) is 41.5 Å². The van der Waals surface area contributed by atoms with Gasteiger partial charge >= 0.3 is 21.7 Å². The molecule has 0 rings (SSSR count). The third-order valence-corrected chi connectivity index (χ3v) is 0. The topological polar surface area (TPSA) is 0 Å². The molecule has 0 heterocycles. The fraction of sp³-hybridized carbons (Fsp3) is 0.750. The largest absolute Gasteiger partial charge is 4.00 e. The van der Waals surface area contributed by atoms with Crippen LogP contribution in [0.25, 0.3) is 0 Å². The summed E-state index contributed by atoms with van der Waals surface area (Å²) >= 11 is 0. The van der Waals surface area contributed by atoms with E-state index in [0.29, 0.717) is 17.8 Å². The molecule has 0 saturated heterocycles. The van der Waals surface area contributed by atoms with Gasteiger partial charge in [-0.15, -0.1) is 0 Å². The number of halogens is 1. The van der Waals surface area contributed by atoms with Crippen LogP contribution in [0.1, 0.15) is 41.5 Å². The zero-order chi connectivity index (χ0) is 10.7. The predicted molar refractivity (Wildman–Crippen MR) is 60.6 cm³/mol. The summed E-state index contributed by atoms with van der Waals surface area (Å²) < 4.78 is 0. The van der Waals surface area contributed by atoms with Crippen molar-refractivity contribution in [2.75, 3.05) is 0 Å². The Bertz CT molecular complexity index is 38.8. The van der Waals surface area contributed by atoms with E-state index >= 15 is 0 Å². The second-order valence-corrected chi connectivity index (χ2v) is 4.18. The van der Waals surface area contributed by atoms with E-state index < -0.39 is 0 Å². The molecule has 0 radical (unpaired) electrons. The SMILES string of the molecule is [CH2-]C(C)C.[CH2-]C(C)C.[CH2-]C(C)C.[F-].[Ti+4]. The Hall–Kier alpha value is 0.644. The van der Waals surface area contributed by atoms with Crippen LogP contribution in [-0.4, -0.2) is 0 Å². The second-order valence-electron chi connectivity index (χ2n) is 4.18. The molecule has 2 heteroatoms. The van der Waals surface area contributed by atoms with Gasteiger partial charge in [-0.3, -0.25) is 0 Å². The van der Waals surface area contributed by atoms with Crippen molar-refractivity contribution in [3.63, 3.8) is 0 Å². The first-order valence-electron chi connectivity index (χ1n) is 4.69. The first-order valence-corrected chi connectivity index (χ1v) is 4.69. The monoisotopic (exact) mass is 238 g/mol. The molecule has 0 aliphatic heterocycles. The zero-order valence-electron chi connectivity index (χ0n) is 10.7. The van der Waals surface area contributed by atoms with Gasteiger partial charge in [-0.2, -0.15) is 17.8 Å². The van der Waals surface area contributed by atoms with Crippen LogP contribution >= 0.6 is 0 Å². The molecular weight excluding hydrogens is 211 g/mol. The summed E-state index contributed by atoms with van der Waals surface area (Å²) in [5.74, 6) is 1.75. The van der Waals surface area contributed by atoms with Gasteiger partial charge in [0.25, 0.3) is 0 Å². The van der Waals surface area contributed by atoms with Crippen LogP contribution < -0.4 is 4.70 Å².